The summed E-state index contributed by atoms with van der Waals surface area (Å²) in [4.78, 5) is 43.4. The summed E-state index contributed by atoms with van der Waals surface area (Å²) < 4.78 is 6.74. The maximum Gasteiger partial charge on any atom is 0.309 e. The molecule has 7 nitrogen and oxygen atoms in total. The normalized spacial score (nSPS) is 20.1. The van der Waals surface area contributed by atoms with E-state index in [0.717, 1.165) is 5.69 Å². The van der Waals surface area contributed by atoms with Crippen LogP contribution in [0.4, 0.5) is 0 Å². The number of ether oxygens (including phenoxy) is 1. The van der Waals surface area contributed by atoms with Crippen LogP contribution in [0.3, 0.4) is 0 Å². The van der Waals surface area contributed by atoms with E-state index in [4.69, 9.17) is 4.74 Å². The molecule has 26 heavy (non-hydrogen) atoms. The number of piperidine rings is 1. The third kappa shape index (κ3) is 3.65. The highest BCUT2D eigenvalue weighted by molar-refractivity contribution is 7.99. The van der Waals surface area contributed by atoms with Crippen molar-refractivity contribution in [2.24, 2.45) is 5.92 Å². The highest BCUT2D eigenvalue weighted by atomic mass is 32.2. The van der Waals surface area contributed by atoms with Crippen LogP contribution >= 0.6 is 11.8 Å². The Kier molecular flexibility index (Phi) is 5.70. The smallest absolute Gasteiger partial charge is 0.309 e. The van der Waals surface area contributed by atoms with Crippen LogP contribution in [0.5, 0.6) is 0 Å². The molecule has 0 N–H and O–H groups in total. The lowest BCUT2D eigenvalue weighted by atomic mass is 9.96. The molecule has 8 heteroatoms. The van der Waals surface area contributed by atoms with Gasteiger partial charge in [-0.3, -0.25) is 19.0 Å². The SMILES string of the molecule is CCOC(=O)C1CCN(C(=O)CC2CSc3nc(C)c(C)c(=O)n32)CC1. The maximum absolute atomic E-state index is 12.7. The first-order chi connectivity index (χ1) is 12.4. The zero-order valence-corrected chi connectivity index (χ0v) is 16.3. The first-order valence-electron chi connectivity index (χ1n) is 9.09. The van der Waals surface area contributed by atoms with Crippen LogP contribution in [0.2, 0.25) is 0 Å². The van der Waals surface area contributed by atoms with Crippen LogP contribution < -0.4 is 5.56 Å². The number of esters is 1. The summed E-state index contributed by atoms with van der Waals surface area (Å²) in [5, 5.41) is 0.705. The topological polar surface area (TPSA) is 81.5 Å². The molecule has 0 saturated carbocycles. The second-order valence-corrected chi connectivity index (χ2v) is 7.84. The van der Waals surface area contributed by atoms with E-state index in [-0.39, 0.29) is 29.4 Å². The van der Waals surface area contributed by atoms with Crippen molar-refractivity contribution in [3.63, 3.8) is 0 Å². The lowest BCUT2D eigenvalue weighted by Crippen LogP contribution is -2.42. The van der Waals surface area contributed by atoms with E-state index in [1.54, 1.807) is 23.3 Å². The summed E-state index contributed by atoms with van der Waals surface area (Å²) in [5.41, 5.74) is 1.35. The van der Waals surface area contributed by atoms with Gasteiger partial charge < -0.3 is 9.64 Å². The van der Waals surface area contributed by atoms with Crippen molar-refractivity contribution in [3.05, 3.63) is 21.6 Å². The van der Waals surface area contributed by atoms with Gasteiger partial charge in [0.05, 0.1) is 18.6 Å². The molecular weight excluding hydrogens is 354 g/mol. The summed E-state index contributed by atoms with van der Waals surface area (Å²) in [7, 11) is 0. The van der Waals surface area contributed by atoms with Crippen LogP contribution in [0, 0.1) is 19.8 Å². The first-order valence-corrected chi connectivity index (χ1v) is 10.1. The number of carbonyl (C=O) groups excluding carboxylic acids is 2. The molecule has 1 atom stereocenters. The predicted molar refractivity (Wildman–Crippen MR) is 98.3 cm³/mol. The van der Waals surface area contributed by atoms with E-state index in [2.05, 4.69) is 4.98 Å². The number of hydrogen-bond donors (Lipinski definition) is 0. The van der Waals surface area contributed by atoms with Gasteiger partial charge in [-0.1, -0.05) is 11.8 Å². The number of aromatic nitrogens is 2. The Morgan fingerprint density at radius 2 is 1.96 bits per heavy atom. The minimum Gasteiger partial charge on any atom is -0.466 e. The number of nitrogens with zero attached hydrogens (tertiary/aromatic N) is 3. The highest BCUT2D eigenvalue weighted by Gasteiger charge is 2.32. The van der Waals surface area contributed by atoms with Gasteiger partial charge in [0.2, 0.25) is 5.91 Å². The molecule has 2 aliphatic heterocycles. The van der Waals surface area contributed by atoms with Crippen molar-refractivity contribution in [1.82, 2.24) is 14.5 Å². The molecule has 1 aromatic rings. The van der Waals surface area contributed by atoms with E-state index in [1.807, 2.05) is 6.92 Å². The predicted octanol–water partition coefficient (Wildman–Crippen LogP) is 1.70. The highest BCUT2D eigenvalue weighted by Crippen LogP contribution is 2.33. The van der Waals surface area contributed by atoms with Gasteiger partial charge in [-0.05, 0) is 33.6 Å². The van der Waals surface area contributed by atoms with E-state index in [1.165, 1.54) is 11.8 Å². The van der Waals surface area contributed by atoms with E-state index >= 15 is 0 Å². The van der Waals surface area contributed by atoms with Crippen LogP contribution in [-0.2, 0) is 14.3 Å². The summed E-state index contributed by atoms with van der Waals surface area (Å²) in [6.07, 6.45) is 1.58. The number of amides is 1. The van der Waals surface area contributed by atoms with Gasteiger partial charge in [0.1, 0.15) is 0 Å². The maximum atomic E-state index is 12.7. The minimum absolute atomic E-state index is 0.0379. The molecule has 0 bridgehead atoms. The van der Waals surface area contributed by atoms with Crippen molar-refractivity contribution < 1.29 is 14.3 Å². The molecule has 1 fully saturated rings. The molecule has 2 aliphatic rings. The third-order valence-corrected chi connectivity index (χ3v) is 6.30. The summed E-state index contributed by atoms with van der Waals surface area (Å²) in [5.74, 6) is 0.454. The Morgan fingerprint density at radius 3 is 2.62 bits per heavy atom. The largest absolute Gasteiger partial charge is 0.466 e. The van der Waals surface area contributed by atoms with Crippen molar-refractivity contribution in [3.8, 4) is 0 Å². The van der Waals surface area contributed by atoms with Crippen LogP contribution in [0.15, 0.2) is 9.95 Å². The Bertz CT molecular complexity index is 768. The van der Waals surface area contributed by atoms with Gasteiger partial charge in [0.15, 0.2) is 5.16 Å². The molecule has 1 amide bonds. The quantitative estimate of drug-likeness (QED) is 0.585. The number of rotatable bonds is 4. The number of hydrogen-bond acceptors (Lipinski definition) is 6. The number of fused-ring (bicyclic) bond motifs is 1. The van der Waals surface area contributed by atoms with Crippen LogP contribution in [0.25, 0.3) is 0 Å². The molecule has 0 aliphatic carbocycles. The summed E-state index contributed by atoms with van der Waals surface area (Å²) in [6, 6.07) is -0.149. The summed E-state index contributed by atoms with van der Waals surface area (Å²) >= 11 is 1.53. The Balaban J connectivity index is 1.62. The number of carbonyl (C=O) groups is 2. The zero-order valence-electron chi connectivity index (χ0n) is 15.5. The van der Waals surface area contributed by atoms with Gasteiger partial charge in [-0.2, -0.15) is 0 Å². The Morgan fingerprint density at radius 1 is 1.27 bits per heavy atom. The second-order valence-electron chi connectivity index (χ2n) is 6.86. The molecule has 1 unspecified atom stereocenters. The fourth-order valence-electron chi connectivity index (χ4n) is 3.48. The van der Waals surface area contributed by atoms with Crippen molar-refractivity contribution >= 4 is 23.6 Å². The number of likely N-dealkylation sites (tertiary alicyclic amines) is 1. The van der Waals surface area contributed by atoms with Gasteiger partial charge in [0, 0.05) is 36.5 Å². The minimum atomic E-state index is -0.163. The summed E-state index contributed by atoms with van der Waals surface area (Å²) in [6.45, 7) is 6.93. The molecule has 1 saturated heterocycles. The molecule has 3 rings (SSSR count). The second kappa shape index (κ2) is 7.82. The van der Waals surface area contributed by atoms with Crippen molar-refractivity contribution in [2.45, 2.75) is 51.2 Å². The van der Waals surface area contributed by atoms with Crippen LogP contribution in [0.1, 0.15) is 43.5 Å². The zero-order chi connectivity index (χ0) is 18.8. The standard InChI is InChI=1S/C18H25N3O4S/c1-4-25-17(24)13-5-7-20(8-6-13)15(22)9-14-10-26-18-19-12(3)11(2)16(23)21(14)18/h13-14H,4-10H2,1-3H3. The van der Waals surface area contributed by atoms with E-state index in [9.17, 15) is 14.4 Å². The van der Waals surface area contributed by atoms with Gasteiger partial charge in [-0.15, -0.1) is 0 Å². The lowest BCUT2D eigenvalue weighted by molar-refractivity contribution is -0.151. The monoisotopic (exact) mass is 379 g/mol. The fourth-order valence-corrected chi connectivity index (χ4v) is 4.66. The van der Waals surface area contributed by atoms with Gasteiger partial charge in [-0.25, -0.2) is 4.98 Å². The molecular formula is C18H25N3O4S. The first kappa shape index (κ1) is 18.9. The molecule has 0 aromatic carbocycles. The van der Waals surface area contributed by atoms with Gasteiger partial charge >= 0.3 is 5.97 Å². The lowest BCUT2D eigenvalue weighted by Gasteiger charge is -2.31. The van der Waals surface area contributed by atoms with Crippen LogP contribution in [-0.4, -0.2) is 51.8 Å². The molecule has 0 radical (unpaired) electrons. The fraction of sp³-hybridized carbons (Fsp3) is 0.667. The van der Waals surface area contributed by atoms with Crippen molar-refractivity contribution in [1.29, 1.82) is 0 Å². The Hall–Kier alpha value is -1.83. The van der Waals surface area contributed by atoms with Gasteiger partial charge in [0.25, 0.3) is 5.56 Å². The average molecular weight is 379 g/mol. The Labute approximate surface area is 157 Å². The molecule has 142 valence electrons. The average Bonchev–Trinajstić information content (AvgIpc) is 3.02. The molecule has 1 aromatic heterocycles. The van der Waals surface area contributed by atoms with E-state index in [0.29, 0.717) is 55.4 Å². The number of aryl methyl sites for hydroxylation is 1. The number of thioether (sulfide) groups is 1. The van der Waals surface area contributed by atoms with E-state index < -0.39 is 0 Å². The molecule has 0 spiro atoms. The van der Waals surface area contributed by atoms with Crippen molar-refractivity contribution in [2.75, 3.05) is 25.4 Å². The molecule has 3 heterocycles. The third-order valence-electron chi connectivity index (χ3n) is 5.20.